The van der Waals surface area contributed by atoms with E-state index in [1.54, 1.807) is 4.31 Å². The quantitative estimate of drug-likeness (QED) is 0.763. The van der Waals surface area contributed by atoms with E-state index in [-0.39, 0.29) is 18.4 Å². The van der Waals surface area contributed by atoms with Gasteiger partial charge in [0.1, 0.15) is 0 Å². The third kappa shape index (κ3) is 3.12. The van der Waals surface area contributed by atoms with Gasteiger partial charge in [-0.25, -0.2) is 8.42 Å². The van der Waals surface area contributed by atoms with Crippen molar-refractivity contribution in [3.05, 3.63) is 34.9 Å². The van der Waals surface area contributed by atoms with Gasteiger partial charge in [0.2, 0.25) is 10.0 Å². The summed E-state index contributed by atoms with van der Waals surface area (Å²) in [5, 5.41) is 0. The van der Waals surface area contributed by atoms with Crippen LogP contribution in [0.4, 0.5) is 0 Å². The molecule has 3 aliphatic heterocycles. The zero-order valence-corrected chi connectivity index (χ0v) is 16.1. The highest BCUT2D eigenvalue weighted by atomic mass is 35.5. The molecule has 0 bridgehead atoms. The van der Waals surface area contributed by atoms with Crippen LogP contribution in [0.2, 0.25) is 0 Å². The van der Waals surface area contributed by atoms with Crippen LogP contribution in [0.15, 0.2) is 18.2 Å². The fraction of sp³-hybridized carbons (Fsp3) is 0.667. The van der Waals surface area contributed by atoms with Crippen LogP contribution >= 0.6 is 12.4 Å². The minimum atomic E-state index is -3.10. The van der Waals surface area contributed by atoms with Gasteiger partial charge in [0, 0.05) is 31.7 Å². The Hall–Kier alpha value is -0.620. The molecule has 0 spiro atoms. The molecule has 0 aliphatic carbocycles. The van der Waals surface area contributed by atoms with Crippen molar-refractivity contribution in [3.8, 4) is 0 Å². The van der Waals surface area contributed by atoms with Gasteiger partial charge >= 0.3 is 0 Å². The first-order valence-electron chi connectivity index (χ1n) is 8.74. The van der Waals surface area contributed by atoms with E-state index in [9.17, 15) is 8.42 Å². The van der Waals surface area contributed by atoms with Crippen LogP contribution in [0.3, 0.4) is 0 Å². The van der Waals surface area contributed by atoms with Crippen LogP contribution in [0, 0.1) is 12.8 Å². The maximum Gasteiger partial charge on any atom is 0.211 e. The molecule has 0 unspecified atom stereocenters. The number of hydrogen-bond donors (Lipinski definition) is 0. The smallest absolute Gasteiger partial charge is 0.211 e. The summed E-state index contributed by atoms with van der Waals surface area (Å²) in [5.74, 6) is 0.502. The average molecular weight is 371 g/mol. The maximum absolute atomic E-state index is 12.2. The Kier molecular flexibility index (Phi) is 5.00. The van der Waals surface area contributed by atoms with Gasteiger partial charge in [-0.2, -0.15) is 4.31 Å². The van der Waals surface area contributed by atoms with E-state index in [1.807, 2.05) is 0 Å². The first kappa shape index (κ1) is 18.2. The Morgan fingerprint density at radius 3 is 2.75 bits per heavy atom. The van der Waals surface area contributed by atoms with E-state index in [2.05, 4.69) is 30.0 Å². The van der Waals surface area contributed by atoms with Gasteiger partial charge in [0.05, 0.1) is 6.26 Å². The fourth-order valence-electron chi connectivity index (χ4n) is 4.95. The maximum atomic E-state index is 12.2. The van der Waals surface area contributed by atoms with Crippen molar-refractivity contribution in [2.45, 2.75) is 44.7 Å². The van der Waals surface area contributed by atoms with E-state index in [4.69, 9.17) is 0 Å². The summed E-state index contributed by atoms with van der Waals surface area (Å²) >= 11 is 0. The largest absolute Gasteiger partial charge is 0.296 e. The SMILES string of the molecule is Cc1ccc2c(c1)CCN1C[C@H]3CCCN(S(C)(=O)=O)[C@H]3C[C@H]21.Cl. The molecular formula is C18H27ClN2O2S. The van der Waals surface area contributed by atoms with Gasteiger partial charge in [-0.3, -0.25) is 4.90 Å². The van der Waals surface area contributed by atoms with Gasteiger partial charge in [-0.15, -0.1) is 12.4 Å². The highest BCUT2D eigenvalue weighted by Crippen LogP contribution is 2.43. The molecule has 6 heteroatoms. The molecule has 4 nitrogen and oxygen atoms in total. The number of nitrogens with zero attached hydrogens (tertiary/aromatic N) is 2. The van der Waals surface area contributed by atoms with Gasteiger partial charge in [0.25, 0.3) is 0 Å². The molecule has 3 heterocycles. The molecule has 1 aromatic rings. The number of piperidine rings is 2. The van der Waals surface area contributed by atoms with Crippen LogP contribution < -0.4 is 0 Å². The summed E-state index contributed by atoms with van der Waals surface area (Å²) < 4.78 is 26.2. The summed E-state index contributed by atoms with van der Waals surface area (Å²) in [6.45, 7) is 5.02. The molecule has 0 radical (unpaired) electrons. The molecule has 4 rings (SSSR count). The van der Waals surface area contributed by atoms with Crippen molar-refractivity contribution in [1.82, 2.24) is 9.21 Å². The molecule has 0 saturated carbocycles. The van der Waals surface area contributed by atoms with Gasteiger partial charge in [0.15, 0.2) is 0 Å². The molecule has 1 aromatic carbocycles. The van der Waals surface area contributed by atoms with Crippen molar-refractivity contribution in [1.29, 1.82) is 0 Å². The number of sulfonamides is 1. The lowest BCUT2D eigenvalue weighted by atomic mass is 9.77. The predicted molar refractivity (Wildman–Crippen MR) is 99.1 cm³/mol. The number of fused-ring (bicyclic) bond motifs is 4. The minimum absolute atomic E-state index is 0. The molecule has 134 valence electrons. The zero-order valence-electron chi connectivity index (χ0n) is 14.4. The normalized spacial score (nSPS) is 30.7. The molecule has 3 aliphatic rings. The first-order valence-corrected chi connectivity index (χ1v) is 10.6. The number of halogens is 1. The molecular weight excluding hydrogens is 344 g/mol. The number of benzene rings is 1. The second-order valence-corrected chi connectivity index (χ2v) is 9.48. The summed E-state index contributed by atoms with van der Waals surface area (Å²) in [4.78, 5) is 2.60. The Morgan fingerprint density at radius 2 is 2.00 bits per heavy atom. The lowest BCUT2D eigenvalue weighted by Crippen LogP contribution is -2.57. The molecule has 0 N–H and O–H groups in total. The average Bonchev–Trinajstić information content (AvgIpc) is 2.51. The van der Waals surface area contributed by atoms with Gasteiger partial charge < -0.3 is 0 Å². The van der Waals surface area contributed by atoms with Crippen LogP contribution in [0.5, 0.6) is 0 Å². The lowest BCUT2D eigenvalue weighted by molar-refractivity contribution is 0.0222. The number of rotatable bonds is 1. The van der Waals surface area contributed by atoms with Crippen LogP contribution in [0.1, 0.15) is 42.0 Å². The molecule has 0 aromatic heterocycles. The number of aryl methyl sites for hydroxylation is 1. The van der Waals surface area contributed by atoms with E-state index >= 15 is 0 Å². The van der Waals surface area contributed by atoms with E-state index in [0.29, 0.717) is 18.5 Å². The Balaban J connectivity index is 0.00000169. The van der Waals surface area contributed by atoms with Crippen molar-refractivity contribution >= 4 is 22.4 Å². The van der Waals surface area contributed by atoms with E-state index in [0.717, 1.165) is 32.4 Å². The van der Waals surface area contributed by atoms with Crippen LogP contribution in [-0.2, 0) is 16.4 Å². The molecule has 3 atom stereocenters. The first-order chi connectivity index (χ1) is 10.9. The summed E-state index contributed by atoms with van der Waals surface area (Å²) in [6, 6.07) is 7.36. The standard InChI is InChI=1S/C18H26N2O2S.ClH/c1-13-5-6-16-14(10-13)7-9-19-12-15-4-3-8-20(23(2,21)22)17(15)11-18(16)19;/h5-6,10,15,17-18H,3-4,7-9,11-12H2,1-2H3;1H/t15-,17+,18-;/m1./s1. The Labute approximate surface area is 151 Å². The van der Waals surface area contributed by atoms with E-state index in [1.165, 1.54) is 29.4 Å². The minimum Gasteiger partial charge on any atom is -0.296 e. The zero-order chi connectivity index (χ0) is 16.2. The third-order valence-corrected chi connectivity index (χ3v) is 7.30. The van der Waals surface area contributed by atoms with Crippen LogP contribution in [-0.4, -0.2) is 49.6 Å². The monoisotopic (exact) mass is 370 g/mol. The van der Waals surface area contributed by atoms with Crippen LogP contribution in [0.25, 0.3) is 0 Å². The Bertz CT molecular complexity index is 722. The second kappa shape index (κ2) is 6.60. The second-order valence-electron chi connectivity index (χ2n) is 7.54. The summed E-state index contributed by atoms with van der Waals surface area (Å²) in [5.41, 5.74) is 4.21. The Morgan fingerprint density at radius 1 is 1.21 bits per heavy atom. The van der Waals surface area contributed by atoms with Crippen molar-refractivity contribution in [2.24, 2.45) is 5.92 Å². The molecule has 2 saturated heterocycles. The predicted octanol–water partition coefficient (Wildman–Crippen LogP) is 2.76. The number of hydrogen-bond acceptors (Lipinski definition) is 3. The van der Waals surface area contributed by atoms with Gasteiger partial charge in [-0.1, -0.05) is 23.8 Å². The molecule has 2 fully saturated rings. The highest BCUT2D eigenvalue weighted by molar-refractivity contribution is 7.88. The topological polar surface area (TPSA) is 40.6 Å². The van der Waals surface area contributed by atoms with Crippen molar-refractivity contribution < 1.29 is 8.42 Å². The third-order valence-electron chi connectivity index (χ3n) is 5.99. The molecule has 24 heavy (non-hydrogen) atoms. The fourth-order valence-corrected chi connectivity index (χ4v) is 6.17. The summed E-state index contributed by atoms with van der Waals surface area (Å²) in [7, 11) is -3.10. The van der Waals surface area contributed by atoms with Gasteiger partial charge in [-0.05, 0) is 49.7 Å². The molecule has 0 amide bonds. The summed E-state index contributed by atoms with van der Waals surface area (Å²) in [6.07, 6.45) is 5.62. The lowest BCUT2D eigenvalue weighted by Gasteiger charge is -2.51. The van der Waals surface area contributed by atoms with E-state index < -0.39 is 10.0 Å². The van der Waals surface area contributed by atoms with Crippen molar-refractivity contribution in [2.75, 3.05) is 25.9 Å². The highest BCUT2D eigenvalue weighted by Gasteiger charge is 2.44. The van der Waals surface area contributed by atoms with Crippen molar-refractivity contribution in [3.63, 3.8) is 0 Å².